The fourth-order valence-electron chi connectivity index (χ4n) is 1.75. The minimum Gasteiger partial charge on any atom is -0.450 e. The highest BCUT2D eigenvalue weighted by molar-refractivity contribution is 5.68. The van der Waals surface area contributed by atoms with Gasteiger partial charge in [0, 0.05) is 0 Å². The Morgan fingerprint density at radius 3 is 2.22 bits per heavy atom. The van der Waals surface area contributed by atoms with Crippen molar-refractivity contribution in [1.82, 2.24) is 4.90 Å². The van der Waals surface area contributed by atoms with Crippen molar-refractivity contribution in [2.75, 3.05) is 6.61 Å². The largest absolute Gasteiger partial charge is 0.450 e. The summed E-state index contributed by atoms with van der Waals surface area (Å²) >= 11 is 0. The van der Waals surface area contributed by atoms with Gasteiger partial charge in [0.1, 0.15) is 0 Å². The summed E-state index contributed by atoms with van der Waals surface area (Å²) in [6.07, 6.45) is -12.7. The van der Waals surface area contributed by atoms with Crippen LogP contribution in [0.1, 0.15) is 18.9 Å². The summed E-state index contributed by atoms with van der Waals surface area (Å²) in [5, 5.41) is 0. The fraction of sp³-hybridized carbons (Fsp3) is 0.500. The third-order valence-corrected chi connectivity index (χ3v) is 2.82. The summed E-state index contributed by atoms with van der Waals surface area (Å²) in [5.74, 6) is 0. The van der Waals surface area contributed by atoms with Crippen molar-refractivity contribution in [2.24, 2.45) is 0 Å². The summed E-state index contributed by atoms with van der Waals surface area (Å²) in [7, 11) is 0. The van der Waals surface area contributed by atoms with Crippen molar-refractivity contribution >= 4 is 6.09 Å². The van der Waals surface area contributed by atoms with E-state index in [9.17, 15) is 31.1 Å². The van der Waals surface area contributed by atoms with Crippen LogP contribution in [0.5, 0.6) is 0 Å². The molecule has 1 aromatic carbocycles. The van der Waals surface area contributed by atoms with E-state index in [-0.39, 0.29) is 17.1 Å². The van der Waals surface area contributed by atoms with Crippen LogP contribution in [0.3, 0.4) is 0 Å². The number of rotatable bonds is 6. The molecule has 3 nitrogen and oxygen atoms in total. The molecule has 1 atom stereocenters. The van der Waals surface area contributed by atoms with Gasteiger partial charge in [-0.1, -0.05) is 30.3 Å². The van der Waals surface area contributed by atoms with Crippen LogP contribution in [0.2, 0.25) is 0 Å². The van der Waals surface area contributed by atoms with Crippen LogP contribution in [0, 0.1) is 0 Å². The van der Waals surface area contributed by atoms with E-state index in [2.05, 4.69) is 4.74 Å². The smallest absolute Gasteiger partial charge is 0.414 e. The fourth-order valence-corrected chi connectivity index (χ4v) is 1.75. The van der Waals surface area contributed by atoms with Gasteiger partial charge in [0.15, 0.2) is 6.17 Å². The van der Waals surface area contributed by atoms with E-state index in [1.54, 1.807) is 6.07 Å². The van der Waals surface area contributed by atoms with Crippen molar-refractivity contribution in [3.63, 3.8) is 0 Å². The van der Waals surface area contributed by atoms with Gasteiger partial charge in [0.25, 0.3) is 0 Å². The first-order chi connectivity index (χ1) is 10.6. The van der Waals surface area contributed by atoms with Gasteiger partial charge in [-0.15, -0.1) is 0 Å². The second-order valence-electron chi connectivity index (χ2n) is 4.65. The van der Waals surface area contributed by atoms with Crippen LogP contribution >= 0.6 is 0 Å². The molecule has 1 rings (SSSR count). The van der Waals surface area contributed by atoms with Crippen LogP contribution in [0.15, 0.2) is 30.3 Å². The molecule has 130 valence electrons. The number of nitrogens with zero attached hydrogens (tertiary/aromatic N) is 1. The molecule has 1 unspecified atom stereocenters. The lowest BCUT2D eigenvalue weighted by atomic mass is 10.1. The van der Waals surface area contributed by atoms with Gasteiger partial charge in [0.05, 0.1) is 19.6 Å². The van der Waals surface area contributed by atoms with E-state index >= 15 is 0 Å². The zero-order chi connectivity index (χ0) is 17.7. The number of hydrogen-bond donors (Lipinski definition) is 0. The second kappa shape index (κ2) is 7.56. The van der Waals surface area contributed by atoms with Crippen molar-refractivity contribution in [1.29, 1.82) is 0 Å². The Balaban J connectivity index is 3.03. The predicted octanol–water partition coefficient (Wildman–Crippen LogP) is 4.53. The van der Waals surface area contributed by atoms with Crippen LogP contribution in [-0.2, 0) is 11.3 Å². The van der Waals surface area contributed by atoms with E-state index in [0.29, 0.717) is 0 Å². The summed E-state index contributed by atoms with van der Waals surface area (Å²) < 4.78 is 82.5. The maximum atomic E-state index is 14.0. The van der Waals surface area contributed by atoms with E-state index in [0.717, 1.165) is 0 Å². The molecule has 0 aliphatic rings. The molecule has 0 aliphatic carbocycles. The number of alkyl halides is 6. The Morgan fingerprint density at radius 1 is 1.17 bits per heavy atom. The topological polar surface area (TPSA) is 29.5 Å². The van der Waals surface area contributed by atoms with Gasteiger partial charge in [0.2, 0.25) is 0 Å². The van der Waals surface area contributed by atoms with Gasteiger partial charge in [-0.25, -0.2) is 14.1 Å². The number of ether oxygens (including phenoxy) is 1. The number of hydrogen-bond acceptors (Lipinski definition) is 2. The standard InChI is InChI=1S/C14H15F6NO2/c1-2-23-12(22)21(9-10-6-4-3-5-7-10)14(19,20)11(15)8-13(16,17)18/h3-7,11H,2,8-9H2,1H3. The highest BCUT2D eigenvalue weighted by Gasteiger charge is 2.53. The molecule has 1 aromatic rings. The lowest BCUT2D eigenvalue weighted by Crippen LogP contribution is -2.52. The number of amides is 1. The molecule has 1 amide bonds. The Labute approximate surface area is 128 Å². The van der Waals surface area contributed by atoms with E-state index in [4.69, 9.17) is 0 Å². The van der Waals surface area contributed by atoms with Gasteiger partial charge in [-0.05, 0) is 12.5 Å². The van der Waals surface area contributed by atoms with Gasteiger partial charge < -0.3 is 4.74 Å². The predicted molar refractivity (Wildman–Crippen MR) is 69.5 cm³/mol. The summed E-state index contributed by atoms with van der Waals surface area (Å²) in [6, 6.07) is 2.63. The van der Waals surface area contributed by atoms with E-state index in [1.165, 1.54) is 31.2 Å². The molecule has 23 heavy (non-hydrogen) atoms. The average molecular weight is 343 g/mol. The Bertz CT molecular complexity index is 506. The zero-order valence-electron chi connectivity index (χ0n) is 12.1. The van der Waals surface area contributed by atoms with Crippen LogP contribution in [-0.4, -0.2) is 36.0 Å². The average Bonchev–Trinajstić information content (AvgIpc) is 2.44. The van der Waals surface area contributed by atoms with Gasteiger partial charge in [-0.2, -0.15) is 22.0 Å². The Hall–Kier alpha value is -1.93. The van der Waals surface area contributed by atoms with Gasteiger partial charge in [-0.3, -0.25) is 0 Å². The molecule has 0 spiro atoms. The molecular formula is C14H15F6NO2. The lowest BCUT2D eigenvalue weighted by Gasteiger charge is -2.32. The monoisotopic (exact) mass is 343 g/mol. The third-order valence-electron chi connectivity index (χ3n) is 2.82. The Morgan fingerprint density at radius 2 is 1.74 bits per heavy atom. The highest BCUT2D eigenvalue weighted by atomic mass is 19.4. The number of halogens is 6. The molecule has 9 heteroatoms. The minimum atomic E-state index is -5.13. The Kier molecular flexibility index (Phi) is 6.28. The summed E-state index contributed by atoms with van der Waals surface area (Å²) in [4.78, 5) is 11.3. The first kappa shape index (κ1) is 19.1. The van der Waals surface area contributed by atoms with Crippen molar-refractivity contribution in [2.45, 2.75) is 38.3 Å². The molecule has 0 saturated heterocycles. The zero-order valence-corrected chi connectivity index (χ0v) is 12.1. The van der Waals surface area contributed by atoms with Crippen LogP contribution in [0.25, 0.3) is 0 Å². The third kappa shape index (κ3) is 5.65. The van der Waals surface area contributed by atoms with Crippen molar-refractivity contribution < 1.29 is 35.9 Å². The maximum Gasteiger partial charge on any atom is 0.414 e. The molecular weight excluding hydrogens is 328 g/mol. The first-order valence-electron chi connectivity index (χ1n) is 6.65. The normalized spacial score (nSPS) is 13.5. The SMILES string of the molecule is CCOC(=O)N(Cc1ccccc1)C(F)(F)C(F)CC(F)(F)F. The highest BCUT2D eigenvalue weighted by Crippen LogP contribution is 2.35. The van der Waals surface area contributed by atoms with E-state index in [1.807, 2.05) is 0 Å². The van der Waals surface area contributed by atoms with Crippen LogP contribution in [0.4, 0.5) is 31.1 Å². The molecule has 0 aromatic heterocycles. The number of carbonyl (C=O) groups is 1. The number of carbonyl (C=O) groups excluding carboxylic acids is 1. The van der Waals surface area contributed by atoms with Crippen molar-refractivity contribution in [3.8, 4) is 0 Å². The molecule has 0 heterocycles. The molecule has 0 saturated carbocycles. The lowest BCUT2D eigenvalue weighted by molar-refractivity contribution is -0.220. The number of benzene rings is 1. The minimum absolute atomic E-state index is 0.194. The summed E-state index contributed by atoms with van der Waals surface area (Å²) in [5.41, 5.74) is 0.194. The maximum absolute atomic E-state index is 14.0. The summed E-state index contributed by atoms with van der Waals surface area (Å²) in [6.45, 7) is 0.265. The van der Waals surface area contributed by atoms with Crippen molar-refractivity contribution in [3.05, 3.63) is 35.9 Å². The molecule has 0 N–H and O–H groups in total. The quantitative estimate of drug-likeness (QED) is 0.561. The molecule has 0 radical (unpaired) electrons. The first-order valence-corrected chi connectivity index (χ1v) is 6.65. The van der Waals surface area contributed by atoms with Gasteiger partial charge >= 0.3 is 18.3 Å². The molecule has 0 bridgehead atoms. The second-order valence-corrected chi connectivity index (χ2v) is 4.65. The molecule has 0 aliphatic heterocycles. The van der Waals surface area contributed by atoms with E-state index < -0.39 is 37.5 Å². The molecule has 0 fully saturated rings. The van der Waals surface area contributed by atoms with Crippen LogP contribution < -0.4 is 0 Å².